The number of phenols is 1. The van der Waals surface area contributed by atoms with Crippen LogP contribution in [0.4, 0.5) is 0 Å². The Balaban J connectivity index is 2.97. The molecule has 0 fully saturated rings. The molecule has 0 aromatic heterocycles. The van der Waals surface area contributed by atoms with Crippen LogP contribution in [0.25, 0.3) is 0 Å². The first-order valence-corrected chi connectivity index (χ1v) is 4.36. The third kappa shape index (κ3) is 2.36. The summed E-state index contributed by atoms with van der Waals surface area (Å²) >= 11 is 0. The molecule has 0 saturated heterocycles. The summed E-state index contributed by atoms with van der Waals surface area (Å²) in [7, 11) is 0. The van der Waals surface area contributed by atoms with Crippen molar-refractivity contribution in [3.63, 3.8) is 0 Å². The van der Waals surface area contributed by atoms with Crippen molar-refractivity contribution in [2.45, 2.75) is 19.9 Å². The van der Waals surface area contributed by atoms with Crippen LogP contribution in [0.1, 0.15) is 25.5 Å². The zero-order valence-electron chi connectivity index (χ0n) is 7.95. The maximum atomic E-state index is 9.44. The summed E-state index contributed by atoms with van der Waals surface area (Å²) in [6.07, 6.45) is 0. The summed E-state index contributed by atoms with van der Waals surface area (Å²) in [5.41, 5.74) is 6.38. The van der Waals surface area contributed by atoms with Crippen LogP contribution in [0, 0.1) is 0 Å². The first kappa shape index (κ1) is 9.86. The summed E-state index contributed by atoms with van der Waals surface area (Å²) in [5, 5.41) is 9.44. The predicted octanol–water partition coefficient (Wildman–Crippen LogP) is 1.81. The molecule has 0 aliphatic rings. The molecule has 0 amide bonds. The van der Waals surface area contributed by atoms with E-state index in [0.29, 0.717) is 12.2 Å². The van der Waals surface area contributed by atoms with Crippen LogP contribution in [0.2, 0.25) is 0 Å². The quantitative estimate of drug-likeness (QED) is 0.747. The van der Waals surface area contributed by atoms with Crippen LogP contribution in [0.15, 0.2) is 18.2 Å². The van der Waals surface area contributed by atoms with Gasteiger partial charge in [0.25, 0.3) is 0 Å². The van der Waals surface area contributed by atoms with Crippen molar-refractivity contribution in [1.82, 2.24) is 0 Å². The van der Waals surface area contributed by atoms with E-state index in [-0.39, 0.29) is 11.8 Å². The molecular formula is C10H15NO2. The van der Waals surface area contributed by atoms with Gasteiger partial charge in [-0.15, -0.1) is 0 Å². The van der Waals surface area contributed by atoms with Crippen LogP contribution in [0.3, 0.4) is 0 Å². The van der Waals surface area contributed by atoms with E-state index in [2.05, 4.69) is 0 Å². The third-order valence-corrected chi connectivity index (χ3v) is 1.80. The van der Waals surface area contributed by atoms with Crippen molar-refractivity contribution >= 4 is 0 Å². The lowest BCUT2D eigenvalue weighted by Crippen LogP contribution is -2.05. The molecule has 0 aliphatic heterocycles. The summed E-state index contributed by atoms with van der Waals surface area (Å²) in [6.45, 7) is 4.35. The number of hydrogen-bond donors (Lipinski definition) is 2. The summed E-state index contributed by atoms with van der Waals surface area (Å²) in [6, 6.07) is 4.91. The lowest BCUT2D eigenvalue weighted by Gasteiger charge is -2.10. The molecule has 0 radical (unpaired) electrons. The minimum Gasteiger partial charge on any atom is -0.508 e. The van der Waals surface area contributed by atoms with Crippen LogP contribution in [-0.2, 0) is 0 Å². The summed E-state index contributed by atoms with van der Waals surface area (Å²) in [5.74, 6) is 0.964. The molecule has 3 heteroatoms. The van der Waals surface area contributed by atoms with E-state index < -0.39 is 0 Å². The van der Waals surface area contributed by atoms with Crippen molar-refractivity contribution in [2.75, 3.05) is 6.61 Å². The molecule has 3 N–H and O–H groups in total. The molecule has 1 aromatic rings. The van der Waals surface area contributed by atoms with Crippen LogP contribution in [-0.4, -0.2) is 11.7 Å². The zero-order chi connectivity index (χ0) is 9.84. The van der Waals surface area contributed by atoms with Gasteiger partial charge in [-0.2, -0.15) is 0 Å². The van der Waals surface area contributed by atoms with Gasteiger partial charge >= 0.3 is 0 Å². The molecule has 0 spiro atoms. The molecule has 0 heterocycles. The van der Waals surface area contributed by atoms with Crippen molar-refractivity contribution < 1.29 is 9.84 Å². The van der Waals surface area contributed by atoms with Gasteiger partial charge in [0, 0.05) is 11.6 Å². The highest BCUT2D eigenvalue weighted by atomic mass is 16.5. The standard InChI is InChI=1S/C10H15NO2/c1-3-13-8-4-5-10(12)9(6-8)7(2)11/h4-7,12H,3,11H2,1-2H3. The van der Waals surface area contributed by atoms with Gasteiger partial charge in [-0.3, -0.25) is 0 Å². The van der Waals surface area contributed by atoms with Gasteiger partial charge in [-0.1, -0.05) is 0 Å². The monoisotopic (exact) mass is 181 g/mol. The Hall–Kier alpha value is -1.22. The first-order chi connectivity index (χ1) is 6.15. The van der Waals surface area contributed by atoms with Gasteiger partial charge in [0.05, 0.1) is 6.61 Å². The number of phenolic OH excluding ortho intramolecular Hbond substituents is 1. The van der Waals surface area contributed by atoms with Crippen molar-refractivity contribution in [3.8, 4) is 11.5 Å². The Bertz CT molecular complexity index is 284. The van der Waals surface area contributed by atoms with Crippen LogP contribution in [0.5, 0.6) is 11.5 Å². The van der Waals surface area contributed by atoms with E-state index in [1.54, 1.807) is 18.2 Å². The topological polar surface area (TPSA) is 55.5 Å². The molecule has 0 bridgehead atoms. The molecule has 72 valence electrons. The SMILES string of the molecule is CCOc1ccc(O)c(C(C)N)c1. The average Bonchev–Trinajstić information content (AvgIpc) is 2.08. The maximum Gasteiger partial charge on any atom is 0.120 e. The van der Waals surface area contributed by atoms with E-state index in [0.717, 1.165) is 5.75 Å². The van der Waals surface area contributed by atoms with E-state index >= 15 is 0 Å². The highest BCUT2D eigenvalue weighted by Gasteiger charge is 2.06. The maximum absolute atomic E-state index is 9.44. The molecule has 0 aliphatic carbocycles. The smallest absolute Gasteiger partial charge is 0.120 e. The normalized spacial score (nSPS) is 12.5. The predicted molar refractivity (Wildman–Crippen MR) is 51.9 cm³/mol. The first-order valence-electron chi connectivity index (χ1n) is 4.36. The van der Waals surface area contributed by atoms with Gasteiger partial charge in [-0.25, -0.2) is 0 Å². The van der Waals surface area contributed by atoms with Crippen molar-refractivity contribution in [2.24, 2.45) is 5.73 Å². The number of ether oxygens (including phenoxy) is 1. The Labute approximate surface area is 78.1 Å². The molecule has 1 aromatic carbocycles. The molecule has 1 unspecified atom stereocenters. The number of nitrogens with two attached hydrogens (primary N) is 1. The number of rotatable bonds is 3. The Morgan fingerprint density at radius 2 is 2.23 bits per heavy atom. The van der Waals surface area contributed by atoms with Gasteiger partial charge in [0.15, 0.2) is 0 Å². The lowest BCUT2D eigenvalue weighted by atomic mass is 10.1. The van der Waals surface area contributed by atoms with Gasteiger partial charge in [0.2, 0.25) is 0 Å². The lowest BCUT2D eigenvalue weighted by molar-refractivity contribution is 0.338. The van der Waals surface area contributed by atoms with E-state index in [4.69, 9.17) is 10.5 Å². The zero-order valence-corrected chi connectivity index (χ0v) is 7.95. The Morgan fingerprint density at radius 1 is 1.54 bits per heavy atom. The fraction of sp³-hybridized carbons (Fsp3) is 0.400. The molecule has 3 nitrogen and oxygen atoms in total. The third-order valence-electron chi connectivity index (χ3n) is 1.80. The fourth-order valence-corrected chi connectivity index (χ4v) is 1.15. The molecule has 1 atom stereocenters. The van der Waals surface area contributed by atoms with Gasteiger partial charge in [0.1, 0.15) is 11.5 Å². The van der Waals surface area contributed by atoms with Crippen molar-refractivity contribution in [3.05, 3.63) is 23.8 Å². The van der Waals surface area contributed by atoms with E-state index in [9.17, 15) is 5.11 Å². The number of benzene rings is 1. The minimum atomic E-state index is -0.180. The molecular weight excluding hydrogens is 166 g/mol. The molecule has 13 heavy (non-hydrogen) atoms. The molecule has 1 rings (SSSR count). The second-order valence-corrected chi connectivity index (χ2v) is 2.94. The summed E-state index contributed by atoms with van der Waals surface area (Å²) in [4.78, 5) is 0. The van der Waals surface area contributed by atoms with Gasteiger partial charge < -0.3 is 15.6 Å². The number of hydrogen-bond acceptors (Lipinski definition) is 3. The Kier molecular flexibility index (Phi) is 3.14. The van der Waals surface area contributed by atoms with Crippen molar-refractivity contribution in [1.29, 1.82) is 0 Å². The highest BCUT2D eigenvalue weighted by Crippen LogP contribution is 2.26. The van der Waals surface area contributed by atoms with E-state index in [1.807, 2.05) is 13.8 Å². The fourth-order valence-electron chi connectivity index (χ4n) is 1.15. The Morgan fingerprint density at radius 3 is 2.77 bits per heavy atom. The van der Waals surface area contributed by atoms with Gasteiger partial charge in [-0.05, 0) is 32.0 Å². The van der Waals surface area contributed by atoms with Crippen LogP contribution >= 0.6 is 0 Å². The number of aromatic hydroxyl groups is 1. The second kappa shape index (κ2) is 4.14. The van der Waals surface area contributed by atoms with Crippen LogP contribution < -0.4 is 10.5 Å². The minimum absolute atomic E-state index is 0.180. The highest BCUT2D eigenvalue weighted by molar-refractivity contribution is 5.40. The summed E-state index contributed by atoms with van der Waals surface area (Å²) < 4.78 is 5.28. The molecule has 0 saturated carbocycles. The second-order valence-electron chi connectivity index (χ2n) is 2.94. The largest absolute Gasteiger partial charge is 0.508 e. The average molecular weight is 181 g/mol. The van der Waals surface area contributed by atoms with E-state index in [1.165, 1.54) is 0 Å².